The fourth-order valence-corrected chi connectivity index (χ4v) is 4.39. The predicted octanol–water partition coefficient (Wildman–Crippen LogP) is 2.67. The van der Waals surface area contributed by atoms with Crippen molar-refractivity contribution in [3.63, 3.8) is 0 Å². The third kappa shape index (κ3) is 4.35. The number of nitrogens with one attached hydrogen (secondary N) is 1. The Morgan fingerprint density at radius 1 is 1.13 bits per heavy atom. The number of halogens is 1. The van der Waals surface area contributed by atoms with E-state index < -0.39 is 0 Å². The predicted molar refractivity (Wildman–Crippen MR) is 111 cm³/mol. The normalized spacial score (nSPS) is 21.6. The van der Waals surface area contributed by atoms with Gasteiger partial charge in [-0.2, -0.15) is 0 Å². The largest absolute Gasteiger partial charge is 0.365 e. The lowest BCUT2D eigenvalue weighted by Crippen LogP contribution is -2.43. The highest BCUT2D eigenvalue weighted by Gasteiger charge is 2.32. The highest BCUT2D eigenvalue weighted by atomic mass is 19.1. The van der Waals surface area contributed by atoms with E-state index in [2.05, 4.69) is 10.3 Å². The van der Waals surface area contributed by atoms with E-state index in [0.29, 0.717) is 44.1 Å². The summed E-state index contributed by atoms with van der Waals surface area (Å²) in [5, 5.41) is 3.05. The number of imidazole rings is 1. The van der Waals surface area contributed by atoms with Crippen LogP contribution in [0.3, 0.4) is 0 Å². The van der Waals surface area contributed by atoms with Gasteiger partial charge in [0, 0.05) is 25.6 Å². The van der Waals surface area contributed by atoms with Crippen molar-refractivity contribution < 1.29 is 18.7 Å². The molecule has 3 heterocycles. The molecule has 8 heteroatoms. The van der Waals surface area contributed by atoms with Crippen molar-refractivity contribution in [3.05, 3.63) is 53.4 Å². The van der Waals surface area contributed by atoms with Gasteiger partial charge in [-0.05, 0) is 49.3 Å². The first-order valence-corrected chi connectivity index (χ1v) is 11.1. The van der Waals surface area contributed by atoms with E-state index in [1.54, 1.807) is 23.4 Å². The first kappa shape index (κ1) is 20.2. The number of hydrogen-bond donors (Lipinski definition) is 1. The summed E-state index contributed by atoms with van der Waals surface area (Å²) < 4.78 is 21.1. The lowest BCUT2D eigenvalue weighted by Gasteiger charge is -2.31. The second-order valence-corrected chi connectivity index (χ2v) is 8.80. The van der Waals surface area contributed by atoms with Crippen LogP contribution < -0.4 is 5.32 Å². The summed E-state index contributed by atoms with van der Waals surface area (Å²) in [4.78, 5) is 31.6. The van der Waals surface area contributed by atoms with Gasteiger partial charge < -0.3 is 19.5 Å². The molecule has 164 valence electrons. The van der Waals surface area contributed by atoms with E-state index in [-0.39, 0.29) is 36.3 Å². The van der Waals surface area contributed by atoms with Crippen LogP contribution in [-0.4, -0.2) is 45.9 Å². The highest BCUT2D eigenvalue weighted by molar-refractivity contribution is 5.93. The third-order valence-electron chi connectivity index (χ3n) is 6.59. The summed E-state index contributed by atoms with van der Waals surface area (Å²) in [5.74, 6) is 0.397. The smallest absolute Gasteiger partial charge is 0.274 e. The second-order valence-electron chi connectivity index (χ2n) is 8.80. The van der Waals surface area contributed by atoms with Crippen LogP contribution in [0.25, 0.3) is 0 Å². The number of benzene rings is 1. The first-order chi connectivity index (χ1) is 15.1. The molecule has 7 nitrogen and oxygen atoms in total. The number of piperidine rings is 1. The Morgan fingerprint density at radius 3 is 2.58 bits per heavy atom. The maximum atomic E-state index is 13.2. The molecule has 0 spiro atoms. The van der Waals surface area contributed by atoms with E-state index in [9.17, 15) is 14.0 Å². The van der Waals surface area contributed by atoms with Crippen LogP contribution >= 0.6 is 0 Å². The SMILES string of the molecule is O=C(NCC1CC1)C1CCN(C(=O)c2ncn3c2CO[C@H](c2ccc(F)cc2)C3)CC1. The molecular weight excluding hydrogens is 399 g/mol. The van der Waals surface area contributed by atoms with Crippen molar-refractivity contribution in [3.8, 4) is 0 Å². The van der Waals surface area contributed by atoms with Gasteiger partial charge in [0.25, 0.3) is 5.91 Å². The minimum Gasteiger partial charge on any atom is -0.365 e. The molecule has 2 aromatic rings. The summed E-state index contributed by atoms with van der Waals surface area (Å²) in [6.45, 7) is 2.72. The van der Waals surface area contributed by atoms with Crippen LogP contribution in [0.2, 0.25) is 0 Å². The van der Waals surface area contributed by atoms with Crippen molar-refractivity contribution in [2.45, 2.75) is 44.9 Å². The molecule has 5 rings (SSSR count). The zero-order valence-electron chi connectivity index (χ0n) is 17.4. The standard InChI is InChI=1S/C23H27FN4O3/c24-18-5-3-16(4-6-18)20-12-28-14-26-21(19(28)13-31-20)23(30)27-9-7-17(8-10-27)22(29)25-11-15-1-2-15/h3-6,14-15,17,20H,1-2,7-13H2,(H,25,29)/t20-/m0/s1. The number of ether oxygens (including phenoxy) is 1. The quantitative estimate of drug-likeness (QED) is 0.798. The molecule has 3 aliphatic rings. The van der Waals surface area contributed by atoms with Crippen LogP contribution in [0.15, 0.2) is 30.6 Å². The average molecular weight is 426 g/mol. The molecule has 0 radical (unpaired) electrons. The Kier molecular flexibility index (Phi) is 5.48. The van der Waals surface area contributed by atoms with E-state index >= 15 is 0 Å². The van der Waals surface area contributed by atoms with Crippen molar-refractivity contribution in [1.29, 1.82) is 0 Å². The van der Waals surface area contributed by atoms with E-state index in [4.69, 9.17) is 4.74 Å². The molecule has 1 aromatic carbocycles. The molecule has 1 aromatic heterocycles. The molecule has 1 aliphatic carbocycles. The topological polar surface area (TPSA) is 76.5 Å². The van der Waals surface area contributed by atoms with Crippen molar-refractivity contribution in [1.82, 2.24) is 19.8 Å². The van der Waals surface area contributed by atoms with Gasteiger partial charge >= 0.3 is 0 Å². The number of fused-ring (bicyclic) bond motifs is 1. The second kappa shape index (κ2) is 8.42. The molecule has 2 aliphatic heterocycles. The molecule has 2 fully saturated rings. The summed E-state index contributed by atoms with van der Waals surface area (Å²) >= 11 is 0. The monoisotopic (exact) mass is 426 g/mol. The van der Waals surface area contributed by atoms with Gasteiger partial charge in [-0.15, -0.1) is 0 Å². The van der Waals surface area contributed by atoms with Crippen LogP contribution in [0.1, 0.15) is 53.5 Å². The van der Waals surface area contributed by atoms with Gasteiger partial charge in [0.15, 0.2) is 5.69 Å². The average Bonchev–Trinajstić information content (AvgIpc) is 3.54. The van der Waals surface area contributed by atoms with Gasteiger partial charge in [0.2, 0.25) is 5.91 Å². The third-order valence-corrected chi connectivity index (χ3v) is 6.59. The Balaban J connectivity index is 1.19. The molecule has 2 amide bonds. The molecule has 1 atom stereocenters. The zero-order chi connectivity index (χ0) is 21.4. The summed E-state index contributed by atoms with van der Waals surface area (Å²) in [6.07, 6.45) is 5.28. The molecule has 0 bridgehead atoms. The van der Waals surface area contributed by atoms with Gasteiger partial charge in [-0.3, -0.25) is 9.59 Å². The maximum absolute atomic E-state index is 13.2. The fourth-order valence-electron chi connectivity index (χ4n) is 4.39. The molecule has 31 heavy (non-hydrogen) atoms. The first-order valence-electron chi connectivity index (χ1n) is 11.1. The van der Waals surface area contributed by atoms with E-state index in [0.717, 1.165) is 17.8 Å². The van der Waals surface area contributed by atoms with Crippen molar-refractivity contribution in [2.75, 3.05) is 19.6 Å². The minimum absolute atomic E-state index is 0.0153. The van der Waals surface area contributed by atoms with Crippen molar-refractivity contribution in [2.24, 2.45) is 11.8 Å². The number of carbonyl (C=O) groups is 2. The summed E-state index contributed by atoms with van der Waals surface area (Å²) in [5.41, 5.74) is 2.09. The zero-order valence-corrected chi connectivity index (χ0v) is 17.4. The Hall–Kier alpha value is -2.74. The van der Waals surface area contributed by atoms with Crippen LogP contribution in [0, 0.1) is 17.7 Å². The van der Waals surface area contributed by atoms with Crippen molar-refractivity contribution >= 4 is 11.8 Å². The number of aromatic nitrogens is 2. The Labute approximate surface area is 180 Å². The highest BCUT2D eigenvalue weighted by Crippen LogP contribution is 2.30. The number of amides is 2. The number of nitrogens with zero attached hydrogens (tertiary/aromatic N) is 3. The number of rotatable bonds is 5. The van der Waals surface area contributed by atoms with Gasteiger partial charge in [0.05, 0.1) is 25.2 Å². The lowest BCUT2D eigenvalue weighted by molar-refractivity contribution is -0.126. The minimum atomic E-state index is -0.278. The molecule has 1 N–H and O–H groups in total. The van der Waals surface area contributed by atoms with E-state index in [1.165, 1.54) is 25.0 Å². The fraction of sp³-hybridized carbons (Fsp3) is 0.522. The van der Waals surface area contributed by atoms with Crippen LogP contribution in [-0.2, 0) is 22.7 Å². The number of hydrogen-bond acceptors (Lipinski definition) is 4. The van der Waals surface area contributed by atoms with Gasteiger partial charge in [-0.1, -0.05) is 12.1 Å². The van der Waals surface area contributed by atoms with Crippen LogP contribution in [0.5, 0.6) is 0 Å². The summed E-state index contributed by atoms with van der Waals surface area (Å²) in [6, 6.07) is 6.29. The van der Waals surface area contributed by atoms with E-state index in [1.807, 2.05) is 4.57 Å². The number of likely N-dealkylation sites (tertiary alicyclic amines) is 1. The molecule has 1 saturated carbocycles. The lowest BCUT2D eigenvalue weighted by atomic mass is 9.95. The maximum Gasteiger partial charge on any atom is 0.274 e. The number of carbonyl (C=O) groups excluding carboxylic acids is 2. The molecule has 1 saturated heterocycles. The Bertz CT molecular complexity index is 962. The molecular formula is C23H27FN4O3. The summed E-state index contributed by atoms with van der Waals surface area (Å²) in [7, 11) is 0. The van der Waals surface area contributed by atoms with Gasteiger partial charge in [0.1, 0.15) is 11.9 Å². The van der Waals surface area contributed by atoms with Crippen LogP contribution in [0.4, 0.5) is 4.39 Å². The Morgan fingerprint density at radius 2 is 1.87 bits per heavy atom. The molecule has 0 unspecified atom stereocenters. The van der Waals surface area contributed by atoms with Gasteiger partial charge in [-0.25, -0.2) is 9.37 Å².